The molecule has 0 saturated heterocycles. The first-order valence-electron chi connectivity index (χ1n) is 8.56. The third-order valence-corrected chi connectivity index (χ3v) is 4.57. The van der Waals surface area contributed by atoms with Crippen LogP contribution in [0.15, 0.2) is 30.3 Å². The summed E-state index contributed by atoms with van der Waals surface area (Å²) in [5, 5.41) is 24.0. The van der Waals surface area contributed by atoms with Gasteiger partial charge in [0.1, 0.15) is 12.1 Å². The number of hydrogen-bond donors (Lipinski definition) is 5. The van der Waals surface area contributed by atoms with E-state index in [4.69, 9.17) is 5.73 Å². The van der Waals surface area contributed by atoms with E-state index in [-0.39, 0.29) is 6.42 Å². The van der Waals surface area contributed by atoms with Crippen LogP contribution in [0.2, 0.25) is 0 Å². The Bertz CT molecular complexity index is 627. The fourth-order valence-corrected chi connectivity index (χ4v) is 2.84. The van der Waals surface area contributed by atoms with E-state index in [1.807, 2.05) is 6.26 Å². The van der Waals surface area contributed by atoms with Crippen LogP contribution in [0, 0.1) is 0 Å². The Morgan fingerprint density at radius 2 is 1.78 bits per heavy atom. The summed E-state index contributed by atoms with van der Waals surface area (Å²) in [5.74, 6) is -1.88. The quantitative estimate of drug-likeness (QED) is 0.346. The van der Waals surface area contributed by atoms with Crippen molar-refractivity contribution in [2.24, 2.45) is 5.73 Å². The molecule has 27 heavy (non-hydrogen) atoms. The number of hydrogen-bond acceptors (Lipinski definition) is 6. The average molecular weight is 397 g/mol. The van der Waals surface area contributed by atoms with E-state index in [0.29, 0.717) is 12.2 Å². The summed E-state index contributed by atoms with van der Waals surface area (Å²) in [6, 6.07) is 5.54. The van der Waals surface area contributed by atoms with Crippen LogP contribution in [0.5, 0.6) is 0 Å². The third-order valence-electron chi connectivity index (χ3n) is 3.93. The van der Waals surface area contributed by atoms with Gasteiger partial charge in [0.25, 0.3) is 0 Å². The van der Waals surface area contributed by atoms with Gasteiger partial charge in [-0.05, 0) is 30.9 Å². The SMILES string of the molecule is CSCC[C@H](N)C(=O)N[C@H](C(=O)N[C@@H](Cc1ccccc1)C(=O)O)[C@@H](C)O. The van der Waals surface area contributed by atoms with Crippen molar-refractivity contribution in [3.63, 3.8) is 0 Å². The molecule has 0 saturated carbocycles. The van der Waals surface area contributed by atoms with Crippen LogP contribution in [0.1, 0.15) is 18.9 Å². The number of carbonyl (C=O) groups excluding carboxylic acids is 2. The maximum Gasteiger partial charge on any atom is 0.326 e. The predicted octanol–water partition coefficient (Wildman–Crippen LogP) is -0.255. The summed E-state index contributed by atoms with van der Waals surface area (Å²) in [6.45, 7) is 1.34. The van der Waals surface area contributed by atoms with Crippen LogP contribution in [0.4, 0.5) is 0 Å². The lowest BCUT2D eigenvalue weighted by Crippen LogP contribution is -2.58. The number of thioether (sulfide) groups is 1. The summed E-state index contributed by atoms with van der Waals surface area (Å²) in [7, 11) is 0. The number of carboxylic acid groups (broad SMARTS) is 1. The molecule has 0 fully saturated rings. The van der Waals surface area contributed by atoms with Gasteiger partial charge in [-0.25, -0.2) is 4.79 Å². The first kappa shape index (κ1) is 22.9. The third kappa shape index (κ3) is 7.98. The Morgan fingerprint density at radius 1 is 1.15 bits per heavy atom. The number of nitrogens with one attached hydrogen (secondary N) is 2. The van der Waals surface area contributed by atoms with Crippen molar-refractivity contribution in [2.45, 2.75) is 44.0 Å². The molecule has 0 aliphatic heterocycles. The van der Waals surface area contributed by atoms with Crippen molar-refractivity contribution in [2.75, 3.05) is 12.0 Å². The van der Waals surface area contributed by atoms with Crippen LogP contribution in [0.3, 0.4) is 0 Å². The molecule has 2 amide bonds. The van der Waals surface area contributed by atoms with Crippen LogP contribution < -0.4 is 16.4 Å². The van der Waals surface area contributed by atoms with Crippen molar-refractivity contribution in [1.82, 2.24) is 10.6 Å². The monoisotopic (exact) mass is 397 g/mol. The van der Waals surface area contributed by atoms with E-state index in [1.165, 1.54) is 18.7 Å². The predicted molar refractivity (Wildman–Crippen MR) is 104 cm³/mol. The molecule has 0 heterocycles. The molecule has 0 unspecified atom stereocenters. The van der Waals surface area contributed by atoms with Gasteiger partial charge in [0.05, 0.1) is 12.1 Å². The van der Waals surface area contributed by atoms with Gasteiger partial charge < -0.3 is 26.6 Å². The van der Waals surface area contributed by atoms with E-state index in [9.17, 15) is 24.6 Å². The second-order valence-electron chi connectivity index (χ2n) is 6.20. The highest BCUT2D eigenvalue weighted by atomic mass is 32.2. The standard InChI is InChI=1S/C18H27N3O5S/c1-11(22)15(21-16(23)13(19)8-9-27-2)17(24)20-14(18(25)26)10-12-6-4-3-5-7-12/h3-7,11,13-15,22H,8-10,19H2,1-2H3,(H,20,24)(H,21,23)(H,25,26)/t11-,13+,14+,15+/m1/s1. The molecule has 8 nitrogen and oxygen atoms in total. The number of carboxylic acids is 1. The van der Waals surface area contributed by atoms with Crippen LogP contribution >= 0.6 is 11.8 Å². The Morgan fingerprint density at radius 3 is 2.30 bits per heavy atom. The molecule has 0 aliphatic rings. The van der Waals surface area contributed by atoms with E-state index in [0.717, 1.165) is 5.56 Å². The van der Waals surface area contributed by atoms with E-state index in [1.54, 1.807) is 30.3 Å². The molecule has 0 bridgehead atoms. The molecule has 1 aromatic rings. The Kier molecular flexibility index (Phi) is 9.84. The maximum atomic E-state index is 12.5. The van der Waals surface area contributed by atoms with Gasteiger partial charge in [-0.2, -0.15) is 11.8 Å². The van der Waals surface area contributed by atoms with Gasteiger partial charge in [-0.1, -0.05) is 30.3 Å². The molecule has 0 spiro atoms. The summed E-state index contributed by atoms with van der Waals surface area (Å²) in [6.07, 6.45) is 1.17. The minimum absolute atomic E-state index is 0.0790. The number of aliphatic hydroxyl groups is 1. The lowest BCUT2D eigenvalue weighted by atomic mass is 10.0. The van der Waals surface area contributed by atoms with Crippen LogP contribution in [0.25, 0.3) is 0 Å². The van der Waals surface area contributed by atoms with E-state index >= 15 is 0 Å². The highest BCUT2D eigenvalue weighted by Crippen LogP contribution is 2.05. The summed E-state index contributed by atoms with van der Waals surface area (Å²) in [4.78, 5) is 36.1. The lowest BCUT2D eigenvalue weighted by molar-refractivity contribution is -0.142. The molecule has 9 heteroatoms. The summed E-state index contributed by atoms with van der Waals surface area (Å²) in [5.41, 5.74) is 6.51. The van der Waals surface area contributed by atoms with Gasteiger partial charge >= 0.3 is 5.97 Å². The number of amides is 2. The topological polar surface area (TPSA) is 142 Å². The first-order valence-corrected chi connectivity index (χ1v) is 9.95. The lowest BCUT2D eigenvalue weighted by Gasteiger charge is -2.24. The molecular formula is C18H27N3O5S. The minimum atomic E-state index is -1.30. The normalized spacial score (nSPS) is 15.3. The van der Waals surface area contributed by atoms with Gasteiger partial charge in [0, 0.05) is 6.42 Å². The van der Waals surface area contributed by atoms with Gasteiger partial charge in [-0.3, -0.25) is 9.59 Å². The molecule has 0 radical (unpaired) electrons. The summed E-state index contributed by atoms with van der Waals surface area (Å²) < 4.78 is 0. The number of rotatable bonds is 11. The molecule has 0 aromatic heterocycles. The number of benzene rings is 1. The minimum Gasteiger partial charge on any atom is -0.480 e. The van der Waals surface area contributed by atoms with Crippen molar-refractivity contribution >= 4 is 29.5 Å². The molecular weight excluding hydrogens is 370 g/mol. The second kappa shape index (κ2) is 11.6. The van der Waals surface area contributed by atoms with E-state index in [2.05, 4.69) is 10.6 Å². The van der Waals surface area contributed by atoms with Crippen LogP contribution in [-0.4, -0.2) is 64.2 Å². The largest absolute Gasteiger partial charge is 0.480 e. The highest BCUT2D eigenvalue weighted by molar-refractivity contribution is 7.98. The number of carbonyl (C=O) groups is 3. The number of nitrogens with two attached hydrogens (primary N) is 1. The Hall–Kier alpha value is -2.10. The van der Waals surface area contributed by atoms with Crippen molar-refractivity contribution < 1.29 is 24.6 Å². The zero-order chi connectivity index (χ0) is 20.4. The maximum absolute atomic E-state index is 12.5. The molecule has 6 N–H and O–H groups in total. The van der Waals surface area contributed by atoms with Gasteiger partial charge in [0.15, 0.2) is 0 Å². The van der Waals surface area contributed by atoms with Crippen molar-refractivity contribution in [1.29, 1.82) is 0 Å². The molecule has 0 aliphatic carbocycles. The Balaban J connectivity index is 2.77. The Labute approximate surface area is 162 Å². The van der Waals surface area contributed by atoms with Gasteiger partial charge in [-0.15, -0.1) is 0 Å². The number of aliphatic hydroxyl groups excluding tert-OH is 1. The first-order chi connectivity index (χ1) is 12.8. The zero-order valence-electron chi connectivity index (χ0n) is 15.4. The smallest absolute Gasteiger partial charge is 0.326 e. The fourth-order valence-electron chi connectivity index (χ4n) is 2.35. The van der Waals surface area contributed by atoms with E-state index < -0.39 is 42.0 Å². The second-order valence-corrected chi connectivity index (χ2v) is 7.19. The summed E-state index contributed by atoms with van der Waals surface area (Å²) >= 11 is 1.54. The van der Waals surface area contributed by atoms with Crippen molar-refractivity contribution in [3.05, 3.63) is 35.9 Å². The van der Waals surface area contributed by atoms with Gasteiger partial charge in [0.2, 0.25) is 11.8 Å². The highest BCUT2D eigenvalue weighted by Gasteiger charge is 2.30. The molecule has 150 valence electrons. The molecule has 1 rings (SSSR count). The van der Waals surface area contributed by atoms with Crippen LogP contribution in [-0.2, 0) is 20.8 Å². The molecule has 4 atom stereocenters. The zero-order valence-corrected chi connectivity index (χ0v) is 16.2. The van der Waals surface area contributed by atoms with Crippen molar-refractivity contribution in [3.8, 4) is 0 Å². The molecule has 1 aromatic carbocycles. The number of aliphatic carboxylic acids is 1. The fraction of sp³-hybridized carbons (Fsp3) is 0.500. The average Bonchev–Trinajstić information content (AvgIpc) is 2.63.